The van der Waals surface area contributed by atoms with Crippen molar-refractivity contribution in [1.82, 2.24) is 5.32 Å². The molecule has 3 heteroatoms. The molecular formula is C16H25NO2. The molecule has 0 radical (unpaired) electrons. The summed E-state index contributed by atoms with van der Waals surface area (Å²) in [5.41, 5.74) is 3.99. The standard InChI is InChI=1S/C16H25NO2/c1-12(2)14-5-4-13(3)15(6-14)7-17-8-16(9-18)10-19-11-16/h4-6,12,17-18H,7-11H2,1-3H3. The Balaban J connectivity index is 1.93. The Morgan fingerprint density at radius 2 is 2.11 bits per heavy atom. The van der Waals surface area contributed by atoms with Gasteiger partial charge < -0.3 is 15.2 Å². The van der Waals surface area contributed by atoms with Crippen molar-refractivity contribution in [3.05, 3.63) is 34.9 Å². The van der Waals surface area contributed by atoms with Crippen LogP contribution in [0.5, 0.6) is 0 Å². The molecule has 0 unspecified atom stereocenters. The second-order valence-electron chi connectivity index (χ2n) is 6.10. The fraction of sp³-hybridized carbons (Fsp3) is 0.625. The summed E-state index contributed by atoms with van der Waals surface area (Å²) >= 11 is 0. The molecule has 3 nitrogen and oxygen atoms in total. The van der Waals surface area contributed by atoms with Gasteiger partial charge in [-0.1, -0.05) is 32.0 Å². The number of hydrogen-bond acceptors (Lipinski definition) is 3. The maximum atomic E-state index is 9.39. The molecule has 1 saturated heterocycles. The van der Waals surface area contributed by atoms with Gasteiger partial charge in [0.2, 0.25) is 0 Å². The van der Waals surface area contributed by atoms with Crippen LogP contribution in [0.1, 0.15) is 36.5 Å². The Kier molecular flexibility index (Phi) is 4.61. The number of benzene rings is 1. The lowest BCUT2D eigenvalue weighted by Crippen LogP contribution is -2.52. The third-order valence-corrected chi connectivity index (χ3v) is 4.01. The van der Waals surface area contributed by atoms with Gasteiger partial charge in [0.15, 0.2) is 0 Å². The number of rotatable bonds is 6. The molecule has 106 valence electrons. The first-order valence-corrected chi connectivity index (χ1v) is 7.05. The minimum absolute atomic E-state index is 0.0520. The molecule has 1 aliphatic heterocycles. The lowest BCUT2D eigenvalue weighted by molar-refractivity contribution is -0.134. The Morgan fingerprint density at radius 3 is 2.63 bits per heavy atom. The van der Waals surface area contributed by atoms with Gasteiger partial charge >= 0.3 is 0 Å². The van der Waals surface area contributed by atoms with Gasteiger partial charge in [-0.2, -0.15) is 0 Å². The summed E-state index contributed by atoms with van der Waals surface area (Å²) in [6, 6.07) is 6.69. The van der Waals surface area contributed by atoms with E-state index in [2.05, 4.69) is 44.3 Å². The zero-order valence-corrected chi connectivity index (χ0v) is 12.2. The maximum absolute atomic E-state index is 9.39. The van der Waals surface area contributed by atoms with Gasteiger partial charge in [-0.15, -0.1) is 0 Å². The minimum Gasteiger partial charge on any atom is -0.396 e. The number of hydrogen-bond donors (Lipinski definition) is 2. The summed E-state index contributed by atoms with van der Waals surface area (Å²) in [4.78, 5) is 0. The summed E-state index contributed by atoms with van der Waals surface area (Å²) in [5, 5.41) is 12.8. The highest BCUT2D eigenvalue weighted by Gasteiger charge is 2.37. The number of aryl methyl sites for hydroxylation is 1. The topological polar surface area (TPSA) is 41.5 Å². The fourth-order valence-corrected chi connectivity index (χ4v) is 2.34. The van der Waals surface area contributed by atoms with Gasteiger partial charge in [0.25, 0.3) is 0 Å². The largest absolute Gasteiger partial charge is 0.396 e. The summed E-state index contributed by atoms with van der Waals surface area (Å²) in [6.45, 7) is 9.79. The van der Waals surface area contributed by atoms with Crippen molar-refractivity contribution in [3.63, 3.8) is 0 Å². The molecule has 0 amide bonds. The van der Waals surface area contributed by atoms with Crippen LogP contribution in [0.15, 0.2) is 18.2 Å². The summed E-state index contributed by atoms with van der Waals surface area (Å²) < 4.78 is 5.21. The molecule has 1 aliphatic rings. The van der Waals surface area contributed by atoms with Crippen LogP contribution in [-0.2, 0) is 11.3 Å². The Hall–Kier alpha value is -0.900. The molecule has 19 heavy (non-hydrogen) atoms. The monoisotopic (exact) mass is 263 g/mol. The fourth-order valence-electron chi connectivity index (χ4n) is 2.34. The Labute approximate surface area is 116 Å². The lowest BCUT2D eigenvalue weighted by atomic mass is 9.87. The zero-order valence-electron chi connectivity index (χ0n) is 12.2. The molecule has 1 aromatic rings. The van der Waals surface area contributed by atoms with Gasteiger partial charge in [-0.3, -0.25) is 0 Å². The van der Waals surface area contributed by atoms with Gasteiger partial charge in [0.1, 0.15) is 0 Å². The second kappa shape index (κ2) is 6.04. The predicted octanol–water partition coefficient (Wildman–Crippen LogP) is 2.22. The van der Waals surface area contributed by atoms with E-state index < -0.39 is 0 Å². The molecule has 0 aromatic heterocycles. The molecule has 0 atom stereocenters. The van der Waals surface area contributed by atoms with Crippen LogP contribution in [0.2, 0.25) is 0 Å². The van der Waals surface area contributed by atoms with E-state index in [1.165, 1.54) is 16.7 Å². The van der Waals surface area contributed by atoms with E-state index in [9.17, 15) is 5.11 Å². The molecule has 0 saturated carbocycles. The summed E-state index contributed by atoms with van der Waals surface area (Å²) in [5.74, 6) is 0.558. The Bertz CT molecular complexity index is 419. The third kappa shape index (κ3) is 3.35. The highest BCUT2D eigenvalue weighted by atomic mass is 16.5. The number of aliphatic hydroxyl groups excluding tert-OH is 1. The summed E-state index contributed by atoms with van der Waals surface area (Å²) in [6.07, 6.45) is 0. The molecule has 0 aliphatic carbocycles. The van der Waals surface area contributed by atoms with Crippen LogP contribution in [0.25, 0.3) is 0 Å². The smallest absolute Gasteiger partial charge is 0.0579 e. The Morgan fingerprint density at radius 1 is 1.37 bits per heavy atom. The van der Waals surface area contributed by atoms with Crippen molar-refractivity contribution >= 4 is 0 Å². The van der Waals surface area contributed by atoms with Crippen LogP contribution in [0.3, 0.4) is 0 Å². The van der Waals surface area contributed by atoms with Crippen molar-refractivity contribution in [3.8, 4) is 0 Å². The molecule has 1 heterocycles. The third-order valence-electron chi connectivity index (χ3n) is 4.01. The first-order valence-electron chi connectivity index (χ1n) is 7.05. The van der Waals surface area contributed by atoms with E-state index in [1.807, 2.05) is 0 Å². The van der Waals surface area contributed by atoms with Crippen LogP contribution in [0, 0.1) is 12.3 Å². The SMILES string of the molecule is Cc1ccc(C(C)C)cc1CNCC1(CO)COC1. The number of nitrogens with one attached hydrogen (secondary N) is 1. The molecule has 1 aromatic carbocycles. The van der Waals surface area contributed by atoms with E-state index in [0.717, 1.165) is 13.1 Å². The average molecular weight is 263 g/mol. The summed E-state index contributed by atoms with van der Waals surface area (Å²) in [7, 11) is 0. The molecular weight excluding hydrogens is 238 g/mol. The van der Waals surface area contributed by atoms with Crippen molar-refractivity contribution in [2.24, 2.45) is 5.41 Å². The van der Waals surface area contributed by atoms with E-state index >= 15 is 0 Å². The molecule has 0 bridgehead atoms. The lowest BCUT2D eigenvalue weighted by Gasteiger charge is -2.40. The van der Waals surface area contributed by atoms with Crippen LogP contribution >= 0.6 is 0 Å². The number of aliphatic hydroxyl groups is 1. The van der Waals surface area contributed by atoms with Crippen LogP contribution < -0.4 is 5.32 Å². The van der Waals surface area contributed by atoms with E-state index in [1.54, 1.807) is 0 Å². The number of ether oxygens (including phenoxy) is 1. The first-order chi connectivity index (χ1) is 9.06. The van der Waals surface area contributed by atoms with Crippen molar-refractivity contribution < 1.29 is 9.84 Å². The maximum Gasteiger partial charge on any atom is 0.0579 e. The van der Waals surface area contributed by atoms with E-state index in [0.29, 0.717) is 19.1 Å². The normalized spacial score (nSPS) is 17.5. The minimum atomic E-state index is -0.0520. The van der Waals surface area contributed by atoms with Crippen molar-refractivity contribution in [1.29, 1.82) is 0 Å². The van der Waals surface area contributed by atoms with Gasteiger partial charge in [-0.25, -0.2) is 0 Å². The first kappa shape index (κ1) is 14.5. The zero-order chi connectivity index (χ0) is 13.9. The second-order valence-corrected chi connectivity index (χ2v) is 6.10. The molecule has 2 rings (SSSR count). The van der Waals surface area contributed by atoms with Gasteiger partial charge in [-0.05, 0) is 29.5 Å². The quantitative estimate of drug-likeness (QED) is 0.827. The predicted molar refractivity (Wildman–Crippen MR) is 77.3 cm³/mol. The van der Waals surface area contributed by atoms with Crippen LogP contribution in [-0.4, -0.2) is 31.5 Å². The van der Waals surface area contributed by atoms with Gasteiger partial charge in [0, 0.05) is 13.1 Å². The van der Waals surface area contributed by atoms with Crippen LogP contribution in [0.4, 0.5) is 0 Å². The molecule has 1 fully saturated rings. The molecule has 2 N–H and O–H groups in total. The highest BCUT2D eigenvalue weighted by molar-refractivity contribution is 5.32. The molecule has 0 spiro atoms. The average Bonchev–Trinajstić information content (AvgIpc) is 2.34. The van der Waals surface area contributed by atoms with Crippen molar-refractivity contribution in [2.75, 3.05) is 26.4 Å². The van der Waals surface area contributed by atoms with E-state index in [4.69, 9.17) is 4.74 Å². The van der Waals surface area contributed by atoms with Gasteiger partial charge in [0.05, 0.1) is 25.2 Å². The highest BCUT2D eigenvalue weighted by Crippen LogP contribution is 2.26. The van der Waals surface area contributed by atoms with E-state index in [-0.39, 0.29) is 12.0 Å². The van der Waals surface area contributed by atoms with Crippen molar-refractivity contribution in [2.45, 2.75) is 33.2 Å².